The van der Waals surface area contributed by atoms with Gasteiger partial charge >= 0.3 is 71.3 Å². The Hall–Kier alpha value is -4.75. The molecule has 1 saturated carbocycles. The number of fused-ring (bicyclic) bond motifs is 6. The van der Waals surface area contributed by atoms with Gasteiger partial charge in [0.1, 0.15) is 13.2 Å². The first-order valence-corrected chi connectivity index (χ1v) is 26.7. The van der Waals surface area contributed by atoms with Gasteiger partial charge in [0.05, 0.1) is 10.6 Å². The zero-order chi connectivity index (χ0) is 50.7. The van der Waals surface area contributed by atoms with Crippen molar-refractivity contribution in [1.82, 2.24) is 15.1 Å². The molecule has 3 aliphatic heterocycles. The van der Waals surface area contributed by atoms with Crippen LogP contribution < -0.4 is 69.7 Å². The van der Waals surface area contributed by atoms with Crippen molar-refractivity contribution in [2.24, 2.45) is 5.16 Å². The molecule has 4 fully saturated rings. The van der Waals surface area contributed by atoms with Gasteiger partial charge in [-0.1, -0.05) is 120 Å². The van der Waals surface area contributed by atoms with E-state index < -0.39 is 9.05 Å². The van der Waals surface area contributed by atoms with Crippen LogP contribution in [0.2, 0.25) is 0 Å². The largest absolute Gasteiger partial charge is 1.00 e. The summed E-state index contributed by atoms with van der Waals surface area (Å²) in [6.07, 6.45) is 8.74. The summed E-state index contributed by atoms with van der Waals surface area (Å²) in [5, 5.41) is 23.8. The molecule has 15 nitrogen and oxygen atoms in total. The Morgan fingerprint density at radius 1 is 0.662 bits per heavy atom. The topological polar surface area (TPSA) is 204 Å². The van der Waals surface area contributed by atoms with Crippen LogP contribution in [0.15, 0.2) is 137 Å². The van der Waals surface area contributed by atoms with E-state index in [4.69, 9.17) is 35.4 Å². The van der Waals surface area contributed by atoms with E-state index in [2.05, 4.69) is 100 Å². The molecule has 5 aromatic carbocycles. The molecule has 3 aliphatic carbocycles. The van der Waals surface area contributed by atoms with E-state index in [1.807, 2.05) is 21.9 Å². The van der Waals surface area contributed by atoms with Gasteiger partial charge in [-0.05, 0) is 121 Å². The fourth-order valence-electron chi connectivity index (χ4n) is 11.5. The Labute approximate surface area is 482 Å². The minimum absolute atomic E-state index is 0. The van der Waals surface area contributed by atoms with Crippen molar-refractivity contribution >= 4 is 50.0 Å². The minimum Gasteiger partial charge on any atom is -1.00 e. The fourth-order valence-corrected chi connectivity index (χ4v) is 12.3. The standard InChI is InChI=1S/2C24H26N2O3.C6H5ClO2S.CH2O3.2Na.H/c27-23(26-15-5-12-24(26)13-10-17(25-28)11-14-24)29-16-22-20-8-3-1-6-18(20)19-7-2-4-9-21(19)22;27-22-10-12-24(13-14-25-22)11-5-15-26(24)23(28)29-16-21-19-8-3-1-6-17(19)18-7-2-4-9-20(18)21;7-10(8,9)6-4-2-1-3-5-6;2-1-4-3;;;/h1-4,6-9,22,28H,5,10-16H2;1-4,6-9,21H,5,10-16H2,(H,25,27);1-5H;1,3H;;;/q;;;;2*+1;-1/p-1. The smallest absolute Gasteiger partial charge is 1.00 e. The first kappa shape index (κ1) is 58.5. The Kier molecular flexibility index (Phi) is 21.2. The molecular formula is C55H59ClN4Na2O11S. The number of carbonyl (C=O) groups is 4. The van der Waals surface area contributed by atoms with Gasteiger partial charge < -0.3 is 41.4 Å². The van der Waals surface area contributed by atoms with Crippen molar-refractivity contribution < 1.29 is 113 Å². The summed E-state index contributed by atoms with van der Waals surface area (Å²) in [5.41, 5.74) is 10.3. The SMILES string of the molecule is O=C(OCC1c2ccccc2-c2ccccc21)N1CCCC12CCC(=NO)CC2.O=C1CCC2(CCCN2C(=O)OCC2c3ccccc3-c3ccccc32)CCN1.O=CO[O-].O=S(=O)(Cl)c1ccccc1.[H-].[Na+].[Na+]. The van der Waals surface area contributed by atoms with E-state index in [0.29, 0.717) is 32.7 Å². The maximum Gasteiger partial charge on any atom is 1.00 e. The molecule has 3 saturated heterocycles. The van der Waals surface area contributed by atoms with Crippen molar-refractivity contribution in [3.05, 3.63) is 150 Å². The molecule has 3 amide bonds. The Morgan fingerprint density at radius 3 is 1.42 bits per heavy atom. The molecule has 1 unspecified atom stereocenters. The van der Waals surface area contributed by atoms with Crippen LogP contribution in [0.3, 0.4) is 0 Å². The molecule has 11 rings (SSSR count). The molecule has 74 heavy (non-hydrogen) atoms. The first-order valence-electron chi connectivity index (χ1n) is 24.4. The predicted octanol–water partition coefficient (Wildman–Crippen LogP) is 3.41. The second kappa shape index (κ2) is 26.8. The molecule has 0 bridgehead atoms. The van der Waals surface area contributed by atoms with E-state index in [-0.39, 0.29) is 113 Å². The monoisotopic (exact) mass is 1060 g/mol. The van der Waals surface area contributed by atoms with Gasteiger partial charge in [-0.25, -0.2) is 18.0 Å². The summed E-state index contributed by atoms with van der Waals surface area (Å²) in [4.78, 5) is 53.2. The van der Waals surface area contributed by atoms with Crippen molar-refractivity contribution in [1.29, 1.82) is 0 Å². The van der Waals surface area contributed by atoms with Crippen LogP contribution >= 0.6 is 10.7 Å². The molecule has 5 aromatic rings. The maximum absolute atomic E-state index is 13.1. The number of nitrogens with one attached hydrogen (secondary N) is 1. The summed E-state index contributed by atoms with van der Waals surface area (Å²) >= 11 is 0. The molecule has 1 atom stereocenters. The van der Waals surface area contributed by atoms with Crippen LogP contribution in [-0.4, -0.2) is 97.6 Å². The summed E-state index contributed by atoms with van der Waals surface area (Å²) < 4.78 is 33.0. The quantitative estimate of drug-likeness (QED) is 0.0630. The second-order valence-corrected chi connectivity index (χ2v) is 21.3. The van der Waals surface area contributed by atoms with Gasteiger partial charge in [-0.3, -0.25) is 9.59 Å². The second-order valence-electron chi connectivity index (χ2n) is 18.8. The molecule has 19 heteroatoms. The summed E-state index contributed by atoms with van der Waals surface area (Å²) in [7, 11) is 1.50. The molecular weight excluding hydrogens is 1010 g/mol. The van der Waals surface area contributed by atoms with Gasteiger partial charge in [0.2, 0.25) is 5.91 Å². The van der Waals surface area contributed by atoms with Gasteiger partial charge in [0, 0.05) is 59.7 Å². The number of benzene rings is 5. The van der Waals surface area contributed by atoms with Crippen LogP contribution in [0.1, 0.15) is 106 Å². The summed E-state index contributed by atoms with van der Waals surface area (Å²) in [5.74, 6) is 0.243. The summed E-state index contributed by atoms with van der Waals surface area (Å²) in [6, 6.07) is 41.4. The van der Waals surface area contributed by atoms with E-state index in [1.54, 1.807) is 18.2 Å². The van der Waals surface area contributed by atoms with Crippen molar-refractivity contribution in [3.8, 4) is 22.3 Å². The number of hydrogen-bond donors (Lipinski definition) is 2. The van der Waals surface area contributed by atoms with E-state index in [0.717, 1.165) is 76.5 Å². The fraction of sp³-hybridized carbons (Fsp3) is 0.364. The number of nitrogens with zero attached hydrogens (tertiary/aromatic N) is 3. The molecule has 2 spiro atoms. The third kappa shape index (κ3) is 13.3. The van der Waals surface area contributed by atoms with Crippen molar-refractivity contribution in [2.45, 2.75) is 98.4 Å². The third-order valence-electron chi connectivity index (χ3n) is 15.0. The van der Waals surface area contributed by atoms with E-state index in [9.17, 15) is 22.8 Å². The average Bonchev–Trinajstić information content (AvgIpc) is 4.16. The maximum atomic E-state index is 13.1. The predicted molar refractivity (Wildman–Crippen MR) is 270 cm³/mol. The zero-order valence-electron chi connectivity index (χ0n) is 42.8. The van der Waals surface area contributed by atoms with Crippen LogP contribution in [-0.2, 0) is 33.0 Å². The van der Waals surface area contributed by atoms with Crippen LogP contribution in [0.25, 0.3) is 22.3 Å². The first-order chi connectivity index (χ1) is 34.9. The summed E-state index contributed by atoms with van der Waals surface area (Å²) in [6.45, 7) is 2.62. The minimum atomic E-state index is -3.53. The number of carbonyl (C=O) groups excluding carboxylic acids is 4. The zero-order valence-corrected chi connectivity index (χ0v) is 47.4. The normalized spacial score (nSPS) is 20.1. The Bertz CT molecular complexity index is 2800. The molecule has 0 aromatic heterocycles. The van der Waals surface area contributed by atoms with E-state index >= 15 is 0 Å². The van der Waals surface area contributed by atoms with Gasteiger partial charge in [-0.2, -0.15) is 0 Å². The number of rotatable bonds is 6. The number of hydrogen-bond acceptors (Lipinski definition) is 12. The van der Waals surface area contributed by atoms with Crippen LogP contribution in [0.4, 0.5) is 9.59 Å². The van der Waals surface area contributed by atoms with Crippen molar-refractivity contribution in [3.63, 3.8) is 0 Å². The number of oxime groups is 1. The molecule has 0 radical (unpaired) electrons. The van der Waals surface area contributed by atoms with Crippen LogP contribution in [0.5, 0.6) is 0 Å². The van der Waals surface area contributed by atoms with Crippen LogP contribution in [0, 0.1) is 0 Å². The number of ether oxygens (including phenoxy) is 2. The van der Waals surface area contributed by atoms with Crippen molar-refractivity contribution in [2.75, 3.05) is 32.8 Å². The number of likely N-dealkylation sites (tertiary alicyclic amines) is 2. The molecule has 6 aliphatic rings. The Morgan fingerprint density at radius 2 is 1.04 bits per heavy atom. The molecule has 2 N–H and O–H groups in total. The average molecular weight is 1070 g/mol. The van der Waals surface area contributed by atoms with Gasteiger partial charge in [0.15, 0.2) is 0 Å². The van der Waals surface area contributed by atoms with Gasteiger partial charge in [-0.15, -0.1) is 0 Å². The number of halogens is 1. The number of amides is 3. The molecule has 3 heterocycles. The van der Waals surface area contributed by atoms with Gasteiger partial charge in [0.25, 0.3) is 15.5 Å². The van der Waals surface area contributed by atoms with E-state index in [1.165, 1.54) is 56.6 Å². The molecule has 380 valence electrons. The Balaban J connectivity index is 0.000000215. The third-order valence-corrected chi connectivity index (χ3v) is 16.4.